The molecule has 0 aliphatic carbocycles. The van der Waals surface area contributed by atoms with E-state index in [9.17, 15) is 4.39 Å². The molecule has 0 saturated heterocycles. The molecule has 2 aromatic rings. The highest BCUT2D eigenvalue weighted by Crippen LogP contribution is 2.17. The smallest absolute Gasteiger partial charge is 0.147 e. The minimum atomic E-state index is -0.552. The molecule has 2 rings (SSSR count). The van der Waals surface area contributed by atoms with Gasteiger partial charge < -0.3 is 9.84 Å². The predicted molar refractivity (Wildman–Crippen MR) is 67.8 cm³/mol. The Morgan fingerprint density at radius 2 is 2.00 bits per heavy atom. The summed E-state index contributed by atoms with van der Waals surface area (Å²) < 4.78 is 19.2. The molecule has 0 aromatic heterocycles. The Morgan fingerprint density at radius 3 is 2.74 bits per heavy atom. The molecule has 0 atom stereocenters. The first kappa shape index (κ1) is 13.1. The number of rotatable bonds is 4. The van der Waals surface area contributed by atoms with E-state index in [2.05, 4.69) is 0 Å². The Morgan fingerprint density at radius 1 is 1.21 bits per heavy atom. The van der Waals surface area contributed by atoms with Crippen molar-refractivity contribution >= 4 is 0 Å². The van der Waals surface area contributed by atoms with Gasteiger partial charge in [-0.05, 0) is 23.8 Å². The Labute approximate surface area is 110 Å². The molecule has 0 radical (unpaired) electrons. The van der Waals surface area contributed by atoms with E-state index in [4.69, 9.17) is 15.1 Å². The highest BCUT2D eigenvalue weighted by atomic mass is 19.1. The van der Waals surface area contributed by atoms with Gasteiger partial charge in [-0.25, -0.2) is 4.39 Å². The van der Waals surface area contributed by atoms with Crippen LogP contribution >= 0.6 is 0 Å². The zero-order valence-electron chi connectivity index (χ0n) is 10.1. The van der Waals surface area contributed by atoms with Crippen molar-refractivity contribution in [1.29, 1.82) is 5.26 Å². The number of aliphatic hydroxyl groups excluding tert-OH is 1. The third-order valence-corrected chi connectivity index (χ3v) is 2.67. The summed E-state index contributed by atoms with van der Waals surface area (Å²) in [6, 6.07) is 13.3. The van der Waals surface area contributed by atoms with Crippen molar-refractivity contribution in [3.8, 4) is 11.8 Å². The second-order valence-corrected chi connectivity index (χ2v) is 3.98. The maximum atomic E-state index is 13.8. The van der Waals surface area contributed by atoms with Gasteiger partial charge in [0.1, 0.15) is 24.2 Å². The summed E-state index contributed by atoms with van der Waals surface area (Å²) >= 11 is 0. The molecule has 3 nitrogen and oxygen atoms in total. The number of ether oxygens (including phenoxy) is 1. The summed E-state index contributed by atoms with van der Waals surface area (Å²) in [7, 11) is 0. The molecule has 0 spiro atoms. The van der Waals surface area contributed by atoms with Crippen LogP contribution in [0, 0.1) is 17.1 Å². The van der Waals surface area contributed by atoms with Crippen LogP contribution in [-0.2, 0) is 13.2 Å². The van der Waals surface area contributed by atoms with E-state index < -0.39 is 5.82 Å². The minimum Gasteiger partial charge on any atom is -0.489 e. The van der Waals surface area contributed by atoms with Gasteiger partial charge in [-0.15, -0.1) is 0 Å². The quantitative estimate of drug-likeness (QED) is 0.916. The van der Waals surface area contributed by atoms with E-state index in [0.29, 0.717) is 11.3 Å². The molecule has 0 unspecified atom stereocenters. The number of aliphatic hydroxyl groups is 1. The molecule has 0 heterocycles. The number of nitriles is 1. The summed E-state index contributed by atoms with van der Waals surface area (Å²) in [5.74, 6) is -0.00313. The summed E-state index contributed by atoms with van der Waals surface area (Å²) in [4.78, 5) is 0. The van der Waals surface area contributed by atoms with Gasteiger partial charge in [-0.3, -0.25) is 0 Å². The van der Waals surface area contributed by atoms with Crippen LogP contribution in [0.4, 0.5) is 4.39 Å². The second kappa shape index (κ2) is 5.98. The van der Waals surface area contributed by atoms with Crippen LogP contribution in [0.15, 0.2) is 42.5 Å². The van der Waals surface area contributed by atoms with Gasteiger partial charge in [0, 0.05) is 5.56 Å². The first-order chi connectivity index (χ1) is 9.24. The fourth-order valence-electron chi connectivity index (χ4n) is 1.67. The summed E-state index contributed by atoms with van der Waals surface area (Å²) in [5.41, 5.74) is 1.06. The zero-order valence-corrected chi connectivity index (χ0v) is 10.1. The average molecular weight is 257 g/mol. The standard InChI is InChI=1S/C15H12FNO2/c16-15-12(8-17)4-2-5-13(15)10-19-14-6-1-3-11(7-14)9-18/h1-7,18H,9-10H2. The highest BCUT2D eigenvalue weighted by Gasteiger charge is 2.08. The molecule has 0 aliphatic heterocycles. The molecule has 96 valence electrons. The van der Waals surface area contributed by atoms with Crippen molar-refractivity contribution in [1.82, 2.24) is 0 Å². The first-order valence-corrected chi connectivity index (χ1v) is 5.74. The largest absolute Gasteiger partial charge is 0.489 e. The molecule has 0 fully saturated rings. The van der Waals surface area contributed by atoms with Gasteiger partial charge in [0.2, 0.25) is 0 Å². The van der Waals surface area contributed by atoms with Gasteiger partial charge in [0.15, 0.2) is 0 Å². The van der Waals surface area contributed by atoms with Crippen molar-refractivity contribution in [2.45, 2.75) is 13.2 Å². The topological polar surface area (TPSA) is 53.2 Å². The van der Waals surface area contributed by atoms with Crippen molar-refractivity contribution in [2.24, 2.45) is 0 Å². The van der Waals surface area contributed by atoms with Crippen molar-refractivity contribution in [3.63, 3.8) is 0 Å². The van der Waals surface area contributed by atoms with E-state index in [-0.39, 0.29) is 18.8 Å². The SMILES string of the molecule is N#Cc1cccc(COc2cccc(CO)c2)c1F. The minimum absolute atomic E-state index is 0.00482. The fourth-order valence-corrected chi connectivity index (χ4v) is 1.67. The van der Waals surface area contributed by atoms with Gasteiger partial charge in [0.25, 0.3) is 0 Å². The monoisotopic (exact) mass is 257 g/mol. The maximum Gasteiger partial charge on any atom is 0.147 e. The van der Waals surface area contributed by atoms with Crippen molar-refractivity contribution in [2.75, 3.05) is 0 Å². The molecular weight excluding hydrogens is 245 g/mol. The third kappa shape index (κ3) is 3.09. The number of hydrogen-bond donors (Lipinski definition) is 1. The maximum absolute atomic E-state index is 13.8. The summed E-state index contributed by atoms with van der Waals surface area (Å²) in [6.45, 7) is -0.0360. The third-order valence-electron chi connectivity index (χ3n) is 2.67. The van der Waals surface area contributed by atoms with Gasteiger partial charge in [-0.1, -0.05) is 24.3 Å². The van der Waals surface area contributed by atoms with Crippen LogP contribution in [-0.4, -0.2) is 5.11 Å². The Bertz CT molecular complexity index is 620. The molecule has 19 heavy (non-hydrogen) atoms. The zero-order chi connectivity index (χ0) is 13.7. The molecule has 0 amide bonds. The van der Waals surface area contributed by atoms with Crippen LogP contribution < -0.4 is 4.74 Å². The van der Waals surface area contributed by atoms with E-state index in [0.717, 1.165) is 5.56 Å². The second-order valence-electron chi connectivity index (χ2n) is 3.98. The lowest BCUT2D eigenvalue weighted by Gasteiger charge is -2.08. The Hall–Kier alpha value is -2.38. The van der Waals surface area contributed by atoms with Crippen LogP contribution in [0.25, 0.3) is 0 Å². The van der Waals surface area contributed by atoms with Crippen LogP contribution in [0.3, 0.4) is 0 Å². The molecule has 4 heteroatoms. The van der Waals surface area contributed by atoms with E-state index in [1.54, 1.807) is 42.5 Å². The van der Waals surface area contributed by atoms with Crippen LogP contribution in [0.1, 0.15) is 16.7 Å². The number of halogens is 1. The Kier molecular flexibility index (Phi) is 4.11. The highest BCUT2D eigenvalue weighted by molar-refractivity contribution is 5.35. The number of hydrogen-bond acceptors (Lipinski definition) is 3. The normalized spacial score (nSPS) is 9.95. The van der Waals surface area contributed by atoms with Gasteiger partial charge in [-0.2, -0.15) is 5.26 Å². The molecule has 0 bridgehead atoms. The van der Waals surface area contributed by atoms with Gasteiger partial charge in [0.05, 0.1) is 12.2 Å². The molecule has 2 aromatic carbocycles. The van der Waals surface area contributed by atoms with Gasteiger partial charge >= 0.3 is 0 Å². The van der Waals surface area contributed by atoms with E-state index >= 15 is 0 Å². The predicted octanol–water partition coefficient (Wildman–Crippen LogP) is 2.77. The van der Waals surface area contributed by atoms with Crippen LogP contribution in [0.5, 0.6) is 5.75 Å². The average Bonchev–Trinajstić information content (AvgIpc) is 2.46. The molecule has 0 aliphatic rings. The van der Waals surface area contributed by atoms with Crippen LogP contribution in [0.2, 0.25) is 0 Å². The van der Waals surface area contributed by atoms with E-state index in [1.165, 1.54) is 6.07 Å². The molecular formula is C15H12FNO2. The fraction of sp³-hybridized carbons (Fsp3) is 0.133. The summed E-state index contributed by atoms with van der Waals surface area (Å²) in [6.07, 6.45) is 0. The Balaban J connectivity index is 2.12. The lowest BCUT2D eigenvalue weighted by atomic mass is 10.1. The first-order valence-electron chi connectivity index (χ1n) is 5.74. The lowest BCUT2D eigenvalue weighted by Crippen LogP contribution is -2.00. The number of nitrogens with zero attached hydrogens (tertiary/aromatic N) is 1. The molecule has 0 saturated carbocycles. The van der Waals surface area contributed by atoms with Crippen molar-refractivity contribution in [3.05, 3.63) is 65.0 Å². The molecule has 1 N–H and O–H groups in total. The lowest BCUT2D eigenvalue weighted by molar-refractivity contribution is 0.277. The number of benzene rings is 2. The van der Waals surface area contributed by atoms with E-state index in [1.807, 2.05) is 0 Å². The summed E-state index contributed by atoms with van der Waals surface area (Å²) in [5, 5.41) is 17.7. The van der Waals surface area contributed by atoms with Crippen molar-refractivity contribution < 1.29 is 14.2 Å².